The van der Waals surface area contributed by atoms with Gasteiger partial charge in [0.1, 0.15) is 5.60 Å². The van der Waals surface area contributed by atoms with E-state index in [-0.39, 0.29) is 17.9 Å². The molecule has 1 fully saturated rings. The molecule has 2 atom stereocenters. The van der Waals surface area contributed by atoms with E-state index in [0.29, 0.717) is 6.54 Å². The van der Waals surface area contributed by atoms with Crippen LogP contribution in [-0.4, -0.2) is 18.2 Å². The number of ether oxygens (including phenoxy) is 1. The number of hydrogen-bond acceptors (Lipinski definition) is 3. The summed E-state index contributed by atoms with van der Waals surface area (Å²) in [5, 5.41) is 11.9. The molecular weight excluding hydrogens is 228 g/mol. The van der Waals surface area contributed by atoms with Crippen molar-refractivity contribution in [2.24, 2.45) is 11.8 Å². The molecule has 0 aliphatic heterocycles. The molecule has 1 aliphatic rings. The molecule has 0 saturated heterocycles. The largest absolute Gasteiger partial charge is 0.444 e. The lowest BCUT2D eigenvalue weighted by atomic mass is 9.89. The summed E-state index contributed by atoms with van der Waals surface area (Å²) in [5.41, 5.74) is -0.470. The average Bonchev–Trinajstić information content (AvgIpc) is 2.48. The highest BCUT2D eigenvalue weighted by Crippen LogP contribution is 2.27. The first-order valence-electron chi connectivity index (χ1n) is 6.79. The molecule has 0 aromatic rings. The van der Waals surface area contributed by atoms with Gasteiger partial charge >= 0.3 is 6.09 Å². The molecule has 18 heavy (non-hydrogen) atoms. The number of amides is 1. The van der Waals surface area contributed by atoms with Gasteiger partial charge in [-0.05, 0) is 39.5 Å². The van der Waals surface area contributed by atoms with Gasteiger partial charge < -0.3 is 10.1 Å². The Labute approximate surface area is 110 Å². The van der Waals surface area contributed by atoms with Crippen molar-refractivity contribution in [3.05, 3.63) is 0 Å². The van der Waals surface area contributed by atoms with Crippen LogP contribution in [0.4, 0.5) is 4.79 Å². The van der Waals surface area contributed by atoms with Crippen LogP contribution < -0.4 is 5.32 Å². The van der Waals surface area contributed by atoms with Crippen LogP contribution in [-0.2, 0) is 4.74 Å². The fourth-order valence-corrected chi connectivity index (χ4v) is 2.33. The normalized spacial score (nSPS) is 24.8. The van der Waals surface area contributed by atoms with Crippen LogP contribution in [0, 0.1) is 23.2 Å². The van der Waals surface area contributed by atoms with Crippen molar-refractivity contribution in [1.29, 1.82) is 5.26 Å². The van der Waals surface area contributed by atoms with E-state index in [2.05, 4.69) is 11.4 Å². The summed E-state index contributed by atoms with van der Waals surface area (Å²) < 4.78 is 5.20. The van der Waals surface area contributed by atoms with Gasteiger partial charge in [0.2, 0.25) is 0 Å². The van der Waals surface area contributed by atoms with Crippen LogP contribution in [0.1, 0.15) is 52.9 Å². The van der Waals surface area contributed by atoms with Gasteiger partial charge in [0.15, 0.2) is 0 Å². The van der Waals surface area contributed by atoms with Crippen molar-refractivity contribution in [2.75, 3.05) is 6.54 Å². The minimum atomic E-state index is -0.470. The zero-order valence-electron chi connectivity index (χ0n) is 11.7. The highest BCUT2D eigenvalue weighted by molar-refractivity contribution is 5.67. The second kappa shape index (κ2) is 6.63. The minimum Gasteiger partial charge on any atom is -0.444 e. The topological polar surface area (TPSA) is 62.1 Å². The maximum atomic E-state index is 11.6. The Bertz CT molecular complexity index is 315. The quantitative estimate of drug-likeness (QED) is 0.767. The van der Waals surface area contributed by atoms with Gasteiger partial charge in [-0.15, -0.1) is 0 Å². The number of carbonyl (C=O) groups is 1. The molecule has 0 heterocycles. The molecule has 0 radical (unpaired) electrons. The van der Waals surface area contributed by atoms with Gasteiger partial charge in [0, 0.05) is 6.54 Å². The van der Waals surface area contributed by atoms with E-state index in [1.165, 1.54) is 6.42 Å². The molecule has 102 valence electrons. The Kier molecular flexibility index (Phi) is 5.46. The number of hydrogen-bond donors (Lipinski definition) is 1. The first kappa shape index (κ1) is 14.8. The van der Waals surface area contributed by atoms with Gasteiger partial charge in [0.05, 0.1) is 12.0 Å². The third-order valence-electron chi connectivity index (χ3n) is 3.23. The summed E-state index contributed by atoms with van der Waals surface area (Å²) >= 11 is 0. The molecule has 0 aromatic carbocycles. The third-order valence-corrected chi connectivity index (χ3v) is 3.23. The standard InChI is InChI=1S/C14H24N2O2/c1-14(2,3)18-13(17)16-10-12-8-6-4-5-7-11(12)9-15/h11-12H,4-8,10H2,1-3H3,(H,16,17)/t11-,12-/m0/s1. The van der Waals surface area contributed by atoms with E-state index in [0.717, 1.165) is 25.7 Å². The van der Waals surface area contributed by atoms with E-state index in [9.17, 15) is 4.79 Å². The van der Waals surface area contributed by atoms with E-state index < -0.39 is 5.60 Å². The van der Waals surface area contributed by atoms with Crippen LogP contribution >= 0.6 is 0 Å². The zero-order chi connectivity index (χ0) is 13.6. The molecule has 1 rings (SSSR count). The van der Waals surface area contributed by atoms with E-state index in [1.54, 1.807) is 0 Å². The Morgan fingerprint density at radius 1 is 1.33 bits per heavy atom. The van der Waals surface area contributed by atoms with Crippen molar-refractivity contribution in [3.8, 4) is 6.07 Å². The summed E-state index contributed by atoms with van der Waals surface area (Å²) in [4.78, 5) is 11.6. The Balaban J connectivity index is 2.41. The number of rotatable bonds is 2. The van der Waals surface area contributed by atoms with Crippen LogP contribution in [0.5, 0.6) is 0 Å². The maximum Gasteiger partial charge on any atom is 0.407 e. The summed E-state index contributed by atoms with van der Waals surface area (Å²) in [6.45, 7) is 6.08. The van der Waals surface area contributed by atoms with Crippen molar-refractivity contribution >= 4 is 6.09 Å². The Hall–Kier alpha value is -1.24. The number of nitrogens with one attached hydrogen (secondary N) is 1. The second-order valence-corrected chi connectivity index (χ2v) is 6.02. The number of nitrogens with zero attached hydrogens (tertiary/aromatic N) is 1. The molecular formula is C14H24N2O2. The predicted octanol–water partition coefficient (Wildman–Crippen LogP) is 3.23. The fraction of sp³-hybridized carbons (Fsp3) is 0.857. The molecule has 4 nitrogen and oxygen atoms in total. The van der Waals surface area contributed by atoms with Crippen LogP contribution in [0.2, 0.25) is 0 Å². The molecule has 4 heteroatoms. The third kappa shape index (κ3) is 5.39. The van der Waals surface area contributed by atoms with Crippen LogP contribution in [0.15, 0.2) is 0 Å². The van der Waals surface area contributed by atoms with Crippen molar-refractivity contribution in [2.45, 2.75) is 58.5 Å². The Morgan fingerprint density at radius 3 is 2.61 bits per heavy atom. The monoisotopic (exact) mass is 252 g/mol. The molecule has 1 amide bonds. The molecule has 1 aliphatic carbocycles. The molecule has 1 N–H and O–H groups in total. The van der Waals surface area contributed by atoms with Gasteiger partial charge in [-0.25, -0.2) is 4.79 Å². The summed E-state index contributed by atoms with van der Waals surface area (Å²) in [6, 6.07) is 2.37. The van der Waals surface area contributed by atoms with Crippen molar-refractivity contribution in [3.63, 3.8) is 0 Å². The van der Waals surface area contributed by atoms with E-state index >= 15 is 0 Å². The van der Waals surface area contributed by atoms with Gasteiger partial charge in [-0.3, -0.25) is 0 Å². The summed E-state index contributed by atoms with van der Waals surface area (Å²) in [5.74, 6) is 0.340. The lowest BCUT2D eigenvalue weighted by Gasteiger charge is -2.23. The van der Waals surface area contributed by atoms with Gasteiger partial charge in [-0.2, -0.15) is 5.26 Å². The number of alkyl carbamates (subject to hydrolysis) is 1. The highest BCUT2D eigenvalue weighted by atomic mass is 16.6. The average molecular weight is 252 g/mol. The van der Waals surface area contributed by atoms with Crippen molar-refractivity contribution < 1.29 is 9.53 Å². The summed E-state index contributed by atoms with van der Waals surface area (Å²) in [7, 11) is 0. The maximum absolute atomic E-state index is 11.6. The van der Waals surface area contributed by atoms with Crippen LogP contribution in [0.3, 0.4) is 0 Å². The Morgan fingerprint density at radius 2 is 2.00 bits per heavy atom. The lowest BCUT2D eigenvalue weighted by Crippen LogP contribution is -2.36. The first-order valence-corrected chi connectivity index (χ1v) is 6.79. The molecule has 1 saturated carbocycles. The first-order chi connectivity index (χ1) is 8.42. The fourth-order valence-electron chi connectivity index (χ4n) is 2.33. The molecule has 0 spiro atoms. The van der Waals surface area contributed by atoms with Crippen LogP contribution in [0.25, 0.3) is 0 Å². The lowest BCUT2D eigenvalue weighted by molar-refractivity contribution is 0.0514. The van der Waals surface area contributed by atoms with Crippen molar-refractivity contribution in [1.82, 2.24) is 5.32 Å². The SMILES string of the molecule is CC(C)(C)OC(=O)NC[C@@H]1CCCCC[C@H]1C#N. The van der Waals surface area contributed by atoms with Gasteiger partial charge in [0.25, 0.3) is 0 Å². The summed E-state index contributed by atoms with van der Waals surface area (Å²) in [6.07, 6.45) is 5.07. The predicted molar refractivity (Wildman–Crippen MR) is 69.9 cm³/mol. The smallest absolute Gasteiger partial charge is 0.407 e. The number of carbonyl (C=O) groups excluding carboxylic acids is 1. The van der Waals surface area contributed by atoms with Gasteiger partial charge in [-0.1, -0.05) is 19.3 Å². The van der Waals surface area contributed by atoms with E-state index in [4.69, 9.17) is 10.00 Å². The zero-order valence-corrected chi connectivity index (χ0v) is 11.7. The highest BCUT2D eigenvalue weighted by Gasteiger charge is 2.24. The van der Waals surface area contributed by atoms with E-state index in [1.807, 2.05) is 20.8 Å². The molecule has 0 bridgehead atoms. The molecule has 0 unspecified atom stereocenters. The number of nitriles is 1. The second-order valence-electron chi connectivity index (χ2n) is 6.02. The molecule has 0 aromatic heterocycles. The minimum absolute atomic E-state index is 0.0717.